The van der Waals surface area contributed by atoms with Crippen molar-refractivity contribution >= 4 is 5.97 Å². The highest BCUT2D eigenvalue weighted by molar-refractivity contribution is 5.81. The van der Waals surface area contributed by atoms with Gasteiger partial charge in [0.2, 0.25) is 0 Å². The molecule has 0 N–H and O–H groups in total. The van der Waals surface area contributed by atoms with E-state index in [2.05, 4.69) is 4.98 Å². The Morgan fingerprint density at radius 1 is 1.43 bits per heavy atom. The molecule has 0 saturated carbocycles. The van der Waals surface area contributed by atoms with Gasteiger partial charge in [-0.15, -0.1) is 0 Å². The molecule has 76 valence electrons. The smallest absolute Gasteiger partial charge is 0.317 e. The highest BCUT2D eigenvalue weighted by Gasteiger charge is 2.32. The normalized spacial score (nSPS) is 11.1. The minimum absolute atomic E-state index is 0.268. The lowest BCUT2D eigenvalue weighted by Crippen LogP contribution is -2.31. The monoisotopic (exact) mass is 193 g/mol. The van der Waals surface area contributed by atoms with Crippen LogP contribution in [-0.2, 0) is 14.9 Å². The summed E-state index contributed by atoms with van der Waals surface area (Å²) in [7, 11) is 1.39. The molecule has 0 spiro atoms. The zero-order valence-electron chi connectivity index (χ0n) is 9.00. The van der Waals surface area contributed by atoms with Crippen LogP contribution in [0.25, 0.3) is 0 Å². The summed E-state index contributed by atoms with van der Waals surface area (Å²) < 4.78 is 4.73. The first-order chi connectivity index (χ1) is 6.48. The van der Waals surface area contributed by atoms with Gasteiger partial charge in [-0.2, -0.15) is 0 Å². The molecule has 0 aliphatic rings. The number of aryl methyl sites for hydroxylation is 1. The molecule has 14 heavy (non-hydrogen) atoms. The van der Waals surface area contributed by atoms with Crippen LogP contribution < -0.4 is 0 Å². The lowest BCUT2D eigenvalue weighted by atomic mass is 9.89. The van der Waals surface area contributed by atoms with E-state index in [1.807, 2.05) is 25.1 Å². The predicted molar refractivity (Wildman–Crippen MR) is 54.0 cm³/mol. The second kappa shape index (κ2) is 3.78. The van der Waals surface area contributed by atoms with Gasteiger partial charge in [-0.3, -0.25) is 9.78 Å². The van der Waals surface area contributed by atoms with Gasteiger partial charge in [0.05, 0.1) is 12.8 Å². The van der Waals surface area contributed by atoms with E-state index in [9.17, 15) is 4.79 Å². The Hall–Kier alpha value is -1.38. The second-order valence-corrected chi connectivity index (χ2v) is 3.78. The molecule has 3 nitrogen and oxygen atoms in total. The van der Waals surface area contributed by atoms with E-state index in [0.29, 0.717) is 0 Å². The Bertz CT molecular complexity index is 345. The van der Waals surface area contributed by atoms with Crippen molar-refractivity contribution in [2.75, 3.05) is 7.11 Å². The number of rotatable bonds is 2. The summed E-state index contributed by atoms with van der Waals surface area (Å²) in [6, 6.07) is 5.63. The SMILES string of the molecule is COC(=O)C(C)(C)c1cccc(C)n1. The summed E-state index contributed by atoms with van der Waals surface area (Å²) in [5.41, 5.74) is 0.963. The minimum Gasteiger partial charge on any atom is -0.468 e. The van der Waals surface area contributed by atoms with Gasteiger partial charge >= 0.3 is 5.97 Å². The van der Waals surface area contributed by atoms with E-state index >= 15 is 0 Å². The number of carbonyl (C=O) groups excluding carboxylic acids is 1. The predicted octanol–water partition coefficient (Wildman–Crippen LogP) is 1.84. The van der Waals surface area contributed by atoms with Crippen LogP contribution >= 0.6 is 0 Å². The van der Waals surface area contributed by atoms with Crippen molar-refractivity contribution in [1.29, 1.82) is 0 Å². The number of carbonyl (C=O) groups is 1. The van der Waals surface area contributed by atoms with Crippen LogP contribution in [0.2, 0.25) is 0 Å². The summed E-state index contributed by atoms with van der Waals surface area (Å²) in [4.78, 5) is 15.8. The number of esters is 1. The van der Waals surface area contributed by atoms with Crippen molar-refractivity contribution in [2.24, 2.45) is 0 Å². The van der Waals surface area contributed by atoms with Gasteiger partial charge in [0, 0.05) is 5.69 Å². The highest BCUT2D eigenvalue weighted by atomic mass is 16.5. The fraction of sp³-hybridized carbons (Fsp3) is 0.455. The third kappa shape index (κ3) is 1.92. The van der Waals surface area contributed by atoms with E-state index in [1.54, 1.807) is 13.8 Å². The molecule has 1 aromatic heterocycles. The van der Waals surface area contributed by atoms with E-state index in [1.165, 1.54) is 7.11 Å². The third-order valence-corrected chi connectivity index (χ3v) is 2.22. The summed E-state index contributed by atoms with van der Waals surface area (Å²) in [5.74, 6) is -0.268. The maximum Gasteiger partial charge on any atom is 0.317 e. The second-order valence-electron chi connectivity index (χ2n) is 3.78. The van der Waals surface area contributed by atoms with Crippen molar-refractivity contribution in [3.63, 3.8) is 0 Å². The molecule has 0 amide bonds. The average molecular weight is 193 g/mol. The molecule has 3 heteroatoms. The van der Waals surface area contributed by atoms with Gasteiger partial charge in [-0.05, 0) is 32.9 Å². The van der Waals surface area contributed by atoms with Gasteiger partial charge in [0.25, 0.3) is 0 Å². The van der Waals surface area contributed by atoms with Crippen LogP contribution in [0, 0.1) is 6.92 Å². The van der Waals surface area contributed by atoms with Crippen LogP contribution in [0.4, 0.5) is 0 Å². The molecular formula is C11H15NO2. The third-order valence-electron chi connectivity index (χ3n) is 2.22. The molecule has 0 radical (unpaired) electrons. The number of methoxy groups -OCH3 is 1. The van der Waals surface area contributed by atoms with Crippen LogP contribution in [0.3, 0.4) is 0 Å². The zero-order valence-corrected chi connectivity index (χ0v) is 9.00. The van der Waals surface area contributed by atoms with Gasteiger partial charge < -0.3 is 4.74 Å². The molecule has 0 bridgehead atoms. The Morgan fingerprint density at radius 3 is 2.57 bits per heavy atom. The molecule has 0 atom stereocenters. The Morgan fingerprint density at radius 2 is 2.07 bits per heavy atom. The lowest BCUT2D eigenvalue weighted by molar-refractivity contribution is -0.146. The molecule has 0 unspecified atom stereocenters. The first-order valence-electron chi connectivity index (χ1n) is 4.51. The van der Waals surface area contributed by atoms with Crippen molar-refractivity contribution in [2.45, 2.75) is 26.2 Å². The average Bonchev–Trinajstić information content (AvgIpc) is 2.16. The summed E-state index contributed by atoms with van der Waals surface area (Å²) in [6.07, 6.45) is 0. The van der Waals surface area contributed by atoms with Crippen molar-refractivity contribution in [1.82, 2.24) is 4.98 Å². The molecule has 0 aliphatic carbocycles. The topological polar surface area (TPSA) is 39.2 Å². The van der Waals surface area contributed by atoms with Crippen LogP contribution in [0.15, 0.2) is 18.2 Å². The Kier molecular flexibility index (Phi) is 2.89. The summed E-state index contributed by atoms with van der Waals surface area (Å²) in [5, 5.41) is 0. The fourth-order valence-corrected chi connectivity index (χ4v) is 1.25. The number of hydrogen-bond donors (Lipinski definition) is 0. The molecule has 0 fully saturated rings. The quantitative estimate of drug-likeness (QED) is 0.673. The van der Waals surface area contributed by atoms with Crippen molar-refractivity contribution < 1.29 is 9.53 Å². The summed E-state index contributed by atoms with van der Waals surface area (Å²) in [6.45, 7) is 5.51. The van der Waals surface area contributed by atoms with Crippen LogP contribution in [-0.4, -0.2) is 18.1 Å². The number of aromatic nitrogens is 1. The first kappa shape index (κ1) is 10.7. The number of pyridine rings is 1. The highest BCUT2D eigenvalue weighted by Crippen LogP contribution is 2.22. The van der Waals surface area contributed by atoms with Crippen LogP contribution in [0.1, 0.15) is 25.2 Å². The minimum atomic E-state index is -0.680. The number of hydrogen-bond acceptors (Lipinski definition) is 3. The molecule has 1 heterocycles. The maximum absolute atomic E-state index is 11.5. The van der Waals surface area contributed by atoms with E-state index in [0.717, 1.165) is 11.4 Å². The lowest BCUT2D eigenvalue weighted by Gasteiger charge is -2.20. The number of nitrogens with zero attached hydrogens (tertiary/aromatic N) is 1. The van der Waals surface area contributed by atoms with E-state index < -0.39 is 5.41 Å². The van der Waals surface area contributed by atoms with Crippen molar-refractivity contribution in [3.8, 4) is 0 Å². The number of ether oxygens (including phenoxy) is 1. The van der Waals surface area contributed by atoms with Gasteiger partial charge in [-0.1, -0.05) is 6.07 Å². The van der Waals surface area contributed by atoms with Gasteiger partial charge in [0.1, 0.15) is 5.41 Å². The van der Waals surface area contributed by atoms with E-state index in [4.69, 9.17) is 4.74 Å². The van der Waals surface area contributed by atoms with Crippen LogP contribution in [0.5, 0.6) is 0 Å². The maximum atomic E-state index is 11.5. The van der Waals surface area contributed by atoms with Gasteiger partial charge in [0.15, 0.2) is 0 Å². The van der Waals surface area contributed by atoms with Crippen molar-refractivity contribution in [3.05, 3.63) is 29.6 Å². The van der Waals surface area contributed by atoms with Gasteiger partial charge in [-0.25, -0.2) is 0 Å². The molecular weight excluding hydrogens is 178 g/mol. The van der Waals surface area contributed by atoms with E-state index in [-0.39, 0.29) is 5.97 Å². The summed E-state index contributed by atoms with van der Waals surface area (Å²) >= 11 is 0. The molecule has 0 aliphatic heterocycles. The zero-order chi connectivity index (χ0) is 10.8. The molecule has 0 aromatic carbocycles. The Balaban J connectivity index is 3.09. The Labute approximate surface area is 84.1 Å². The molecule has 0 saturated heterocycles. The molecule has 1 aromatic rings. The fourth-order valence-electron chi connectivity index (χ4n) is 1.25. The first-order valence-corrected chi connectivity index (χ1v) is 4.51. The molecule has 1 rings (SSSR count). The standard InChI is InChI=1S/C11H15NO2/c1-8-6-5-7-9(12-8)11(2,3)10(13)14-4/h5-7H,1-4H3. The largest absolute Gasteiger partial charge is 0.468 e.